The molecule has 2 amide bonds. The van der Waals surface area contributed by atoms with E-state index in [2.05, 4.69) is 5.32 Å². The molecule has 0 radical (unpaired) electrons. The zero-order valence-electron chi connectivity index (χ0n) is 24.6. The minimum atomic E-state index is -4.16. The van der Waals surface area contributed by atoms with Crippen molar-refractivity contribution in [3.05, 3.63) is 94.0 Å². The minimum absolute atomic E-state index is 0.0575. The van der Waals surface area contributed by atoms with E-state index in [1.54, 1.807) is 37.3 Å². The van der Waals surface area contributed by atoms with Crippen LogP contribution in [0.15, 0.2) is 71.6 Å². The van der Waals surface area contributed by atoms with E-state index in [-0.39, 0.29) is 23.3 Å². The van der Waals surface area contributed by atoms with Gasteiger partial charge in [0, 0.05) is 18.1 Å². The highest BCUT2D eigenvalue weighted by atomic mass is 35.5. The first-order valence-corrected chi connectivity index (χ1v) is 15.6. The molecule has 0 unspecified atom stereocenters. The van der Waals surface area contributed by atoms with E-state index in [4.69, 9.17) is 11.6 Å². The molecule has 0 bridgehead atoms. The molecular formula is C32H40ClN3O4S. The first-order chi connectivity index (χ1) is 19.3. The quantitative estimate of drug-likeness (QED) is 0.276. The molecule has 3 rings (SSSR count). The number of hydrogen-bond acceptors (Lipinski definition) is 4. The van der Waals surface area contributed by atoms with Crippen LogP contribution in [0.3, 0.4) is 0 Å². The summed E-state index contributed by atoms with van der Waals surface area (Å²) in [6.07, 6.45) is 0.364. The van der Waals surface area contributed by atoms with Crippen LogP contribution in [0, 0.1) is 26.7 Å². The molecule has 0 aliphatic rings. The lowest BCUT2D eigenvalue weighted by molar-refractivity contribution is -0.140. The lowest BCUT2D eigenvalue weighted by atomic mass is 10.1. The third-order valence-electron chi connectivity index (χ3n) is 6.94. The molecule has 0 heterocycles. The maximum atomic E-state index is 14.2. The largest absolute Gasteiger partial charge is 0.354 e. The summed E-state index contributed by atoms with van der Waals surface area (Å²) in [6.45, 7) is 11.5. The molecule has 0 spiro atoms. The van der Waals surface area contributed by atoms with Crippen LogP contribution in [0.2, 0.25) is 5.02 Å². The number of hydrogen-bond donors (Lipinski definition) is 1. The molecule has 1 atom stereocenters. The third kappa shape index (κ3) is 8.11. The van der Waals surface area contributed by atoms with Crippen LogP contribution in [-0.2, 0) is 26.2 Å². The molecular weight excluding hydrogens is 558 g/mol. The van der Waals surface area contributed by atoms with Crippen molar-refractivity contribution in [3.8, 4) is 0 Å². The number of carbonyl (C=O) groups is 2. The molecule has 41 heavy (non-hydrogen) atoms. The second-order valence-corrected chi connectivity index (χ2v) is 13.0. The average molecular weight is 598 g/mol. The van der Waals surface area contributed by atoms with E-state index in [0.29, 0.717) is 29.2 Å². The number of anilines is 1. The van der Waals surface area contributed by atoms with Gasteiger partial charge in [-0.05, 0) is 68.5 Å². The number of nitrogens with one attached hydrogen (secondary N) is 1. The van der Waals surface area contributed by atoms with Crippen molar-refractivity contribution in [2.75, 3.05) is 17.4 Å². The Morgan fingerprint density at radius 3 is 2.05 bits per heavy atom. The monoisotopic (exact) mass is 597 g/mol. The van der Waals surface area contributed by atoms with Crippen LogP contribution in [-0.4, -0.2) is 44.3 Å². The molecule has 220 valence electrons. The predicted octanol–water partition coefficient (Wildman–Crippen LogP) is 6.04. The maximum Gasteiger partial charge on any atom is 0.264 e. The van der Waals surface area contributed by atoms with Crippen molar-refractivity contribution in [2.24, 2.45) is 5.92 Å². The van der Waals surface area contributed by atoms with Gasteiger partial charge in [-0.25, -0.2) is 8.42 Å². The van der Waals surface area contributed by atoms with Gasteiger partial charge in [0.25, 0.3) is 10.0 Å². The molecule has 3 aromatic carbocycles. The van der Waals surface area contributed by atoms with Crippen LogP contribution < -0.4 is 9.62 Å². The molecule has 0 aliphatic carbocycles. The van der Waals surface area contributed by atoms with Crippen LogP contribution >= 0.6 is 11.6 Å². The summed E-state index contributed by atoms with van der Waals surface area (Å²) in [4.78, 5) is 29.0. The van der Waals surface area contributed by atoms with E-state index in [0.717, 1.165) is 21.0 Å². The molecule has 0 aromatic heterocycles. The zero-order chi connectivity index (χ0) is 30.3. The zero-order valence-corrected chi connectivity index (χ0v) is 26.2. The standard InChI is InChI=1S/C32H40ClN3O4S/c1-7-29(32(38)34-19-22(2)3)35(20-26-15-11-23(4)12-16-26)31(37)21-36(30-10-8-9-28(33)25(30)6)41(39,40)27-17-13-24(5)14-18-27/h8-18,22,29H,7,19-21H2,1-6H3,(H,34,38)/t29-/m1/s1. The van der Waals surface area contributed by atoms with Gasteiger partial charge < -0.3 is 10.2 Å². The van der Waals surface area contributed by atoms with Crippen LogP contribution in [0.5, 0.6) is 0 Å². The van der Waals surface area contributed by atoms with Crippen LogP contribution in [0.4, 0.5) is 5.69 Å². The van der Waals surface area contributed by atoms with E-state index in [1.165, 1.54) is 17.0 Å². The SMILES string of the molecule is CC[C@H](C(=O)NCC(C)C)N(Cc1ccc(C)cc1)C(=O)CN(c1cccc(Cl)c1C)S(=O)(=O)c1ccc(C)cc1. The molecule has 3 aromatic rings. The predicted molar refractivity (Wildman–Crippen MR) is 166 cm³/mol. The van der Waals surface area contributed by atoms with Gasteiger partial charge in [0.15, 0.2) is 0 Å². The van der Waals surface area contributed by atoms with Gasteiger partial charge in [-0.2, -0.15) is 0 Å². The fraction of sp³-hybridized carbons (Fsp3) is 0.375. The Morgan fingerprint density at radius 2 is 1.49 bits per heavy atom. The Bertz CT molecular complexity index is 1460. The number of benzene rings is 3. The van der Waals surface area contributed by atoms with E-state index in [1.807, 2.05) is 58.9 Å². The molecule has 0 saturated heterocycles. The van der Waals surface area contributed by atoms with Gasteiger partial charge in [0.2, 0.25) is 11.8 Å². The highest BCUT2D eigenvalue weighted by molar-refractivity contribution is 7.92. The number of rotatable bonds is 12. The first-order valence-electron chi connectivity index (χ1n) is 13.8. The van der Waals surface area contributed by atoms with Crippen molar-refractivity contribution in [3.63, 3.8) is 0 Å². The number of halogens is 1. The molecule has 1 N–H and O–H groups in total. The van der Waals surface area contributed by atoms with E-state index >= 15 is 0 Å². The third-order valence-corrected chi connectivity index (χ3v) is 9.12. The average Bonchev–Trinajstić information content (AvgIpc) is 2.93. The Balaban J connectivity index is 2.08. The normalized spacial score (nSPS) is 12.2. The van der Waals surface area contributed by atoms with Gasteiger partial charge in [0.1, 0.15) is 12.6 Å². The topological polar surface area (TPSA) is 86.8 Å². The fourth-order valence-corrected chi connectivity index (χ4v) is 6.09. The van der Waals surface area contributed by atoms with Crippen molar-refractivity contribution >= 4 is 39.1 Å². The summed E-state index contributed by atoms with van der Waals surface area (Å²) < 4.78 is 29.2. The Hall–Kier alpha value is -3.36. The number of nitrogens with zero attached hydrogens (tertiary/aromatic N) is 2. The Morgan fingerprint density at radius 1 is 0.902 bits per heavy atom. The summed E-state index contributed by atoms with van der Waals surface area (Å²) in [5.74, 6) is -0.528. The number of aryl methyl sites for hydroxylation is 2. The number of sulfonamides is 1. The summed E-state index contributed by atoms with van der Waals surface area (Å²) in [6, 6.07) is 18.4. The Labute approximate surface area is 249 Å². The molecule has 0 fully saturated rings. The molecule has 7 nitrogen and oxygen atoms in total. The second-order valence-electron chi connectivity index (χ2n) is 10.8. The lowest BCUT2D eigenvalue weighted by Gasteiger charge is -2.33. The summed E-state index contributed by atoms with van der Waals surface area (Å²) >= 11 is 6.40. The summed E-state index contributed by atoms with van der Waals surface area (Å²) in [5, 5.41) is 3.33. The Kier molecular flexibility index (Phi) is 11.0. The molecule has 0 aliphatic heterocycles. The lowest BCUT2D eigenvalue weighted by Crippen LogP contribution is -2.52. The van der Waals surface area contributed by atoms with Crippen LogP contribution in [0.25, 0.3) is 0 Å². The number of amides is 2. The van der Waals surface area contributed by atoms with Gasteiger partial charge in [-0.3, -0.25) is 13.9 Å². The summed E-state index contributed by atoms with van der Waals surface area (Å²) in [7, 11) is -4.16. The smallest absolute Gasteiger partial charge is 0.264 e. The van der Waals surface area contributed by atoms with Crippen molar-refractivity contribution in [2.45, 2.75) is 65.4 Å². The number of carbonyl (C=O) groups excluding carboxylic acids is 2. The summed E-state index contributed by atoms with van der Waals surface area (Å²) in [5.41, 5.74) is 3.66. The fourth-order valence-electron chi connectivity index (χ4n) is 4.45. The van der Waals surface area contributed by atoms with Gasteiger partial charge in [0.05, 0.1) is 10.6 Å². The highest BCUT2D eigenvalue weighted by Gasteiger charge is 2.34. The minimum Gasteiger partial charge on any atom is -0.354 e. The second kappa shape index (κ2) is 14.0. The first kappa shape index (κ1) is 32.2. The van der Waals surface area contributed by atoms with Gasteiger partial charge in [-0.1, -0.05) is 86.0 Å². The van der Waals surface area contributed by atoms with Gasteiger partial charge >= 0.3 is 0 Å². The van der Waals surface area contributed by atoms with E-state index in [9.17, 15) is 18.0 Å². The molecule has 9 heteroatoms. The maximum absolute atomic E-state index is 14.2. The highest BCUT2D eigenvalue weighted by Crippen LogP contribution is 2.31. The van der Waals surface area contributed by atoms with Crippen molar-refractivity contribution in [1.82, 2.24) is 10.2 Å². The van der Waals surface area contributed by atoms with Crippen molar-refractivity contribution < 1.29 is 18.0 Å². The van der Waals surface area contributed by atoms with Crippen LogP contribution in [0.1, 0.15) is 49.4 Å². The molecule has 0 saturated carbocycles. The van der Waals surface area contributed by atoms with Gasteiger partial charge in [-0.15, -0.1) is 0 Å². The van der Waals surface area contributed by atoms with Crippen molar-refractivity contribution in [1.29, 1.82) is 0 Å². The van der Waals surface area contributed by atoms with E-state index < -0.39 is 28.5 Å².